The summed E-state index contributed by atoms with van der Waals surface area (Å²) in [6.07, 6.45) is 0. The van der Waals surface area contributed by atoms with Gasteiger partial charge in [0.05, 0.1) is 14.2 Å². The van der Waals surface area contributed by atoms with Crippen molar-refractivity contribution in [2.75, 3.05) is 14.2 Å². The molecule has 0 aliphatic heterocycles. The van der Waals surface area contributed by atoms with E-state index in [0.29, 0.717) is 11.5 Å². The van der Waals surface area contributed by atoms with Crippen molar-refractivity contribution < 1.29 is 38.0 Å². The van der Waals surface area contributed by atoms with Gasteiger partial charge in [-0.15, -0.1) is 0 Å². The van der Waals surface area contributed by atoms with Gasteiger partial charge < -0.3 is 24.1 Å². The monoisotopic (exact) mass is 440 g/mol. The van der Waals surface area contributed by atoms with Crippen LogP contribution < -0.4 is 18.9 Å². The van der Waals surface area contributed by atoms with Crippen molar-refractivity contribution in [1.29, 1.82) is 0 Å². The Morgan fingerprint density at radius 2 is 1.31 bits per heavy atom. The highest BCUT2D eigenvalue weighted by molar-refractivity contribution is 6.39. The molecule has 0 heterocycles. The topological polar surface area (TPSA) is 91.3 Å². The second kappa shape index (κ2) is 10.3. The van der Waals surface area contributed by atoms with E-state index in [-0.39, 0.29) is 30.3 Å². The van der Waals surface area contributed by atoms with E-state index in [4.69, 9.17) is 24.1 Å². The molecule has 0 spiro atoms. The minimum atomic E-state index is -1.70. The Bertz CT molecular complexity index is 1090. The molecule has 0 aromatic heterocycles. The highest BCUT2D eigenvalue weighted by atomic mass is 19.1. The summed E-state index contributed by atoms with van der Waals surface area (Å²) in [6, 6.07) is 16.0. The normalized spacial score (nSPS) is 10.3. The average Bonchev–Trinajstić information content (AvgIpc) is 2.81. The third-order valence-electron chi connectivity index (χ3n) is 4.56. The lowest BCUT2D eigenvalue weighted by Gasteiger charge is -2.15. The van der Waals surface area contributed by atoms with Gasteiger partial charge in [0, 0.05) is 5.56 Å². The molecule has 7 nitrogen and oxygen atoms in total. The molecule has 1 N–H and O–H groups in total. The molecule has 0 aliphatic rings. The van der Waals surface area contributed by atoms with Crippen LogP contribution in [0.25, 0.3) is 0 Å². The van der Waals surface area contributed by atoms with Gasteiger partial charge in [-0.3, -0.25) is 4.79 Å². The van der Waals surface area contributed by atoms with Crippen LogP contribution in [0.3, 0.4) is 0 Å². The van der Waals surface area contributed by atoms with Gasteiger partial charge >= 0.3 is 5.97 Å². The van der Waals surface area contributed by atoms with Gasteiger partial charge in [0.15, 0.2) is 17.3 Å². The van der Waals surface area contributed by atoms with Gasteiger partial charge in [-0.25, -0.2) is 9.18 Å². The van der Waals surface area contributed by atoms with Crippen molar-refractivity contribution in [1.82, 2.24) is 0 Å². The number of hydrogen-bond donors (Lipinski definition) is 1. The summed E-state index contributed by atoms with van der Waals surface area (Å²) in [5, 5.41) is 8.97. The number of ketones is 1. The van der Waals surface area contributed by atoms with Gasteiger partial charge in [0.1, 0.15) is 24.7 Å². The van der Waals surface area contributed by atoms with Crippen molar-refractivity contribution in [2.45, 2.75) is 13.2 Å². The Morgan fingerprint density at radius 3 is 1.78 bits per heavy atom. The Balaban J connectivity index is 1.85. The summed E-state index contributed by atoms with van der Waals surface area (Å²) in [5.74, 6) is -2.83. The highest BCUT2D eigenvalue weighted by Gasteiger charge is 2.21. The molecule has 0 saturated heterocycles. The fourth-order valence-corrected chi connectivity index (χ4v) is 2.83. The van der Waals surface area contributed by atoms with E-state index in [9.17, 15) is 14.0 Å². The van der Waals surface area contributed by atoms with Crippen LogP contribution in [-0.4, -0.2) is 31.1 Å². The molecule has 32 heavy (non-hydrogen) atoms. The summed E-state index contributed by atoms with van der Waals surface area (Å²) in [5.41, 5.74) is 1.15. The van der Waals surface area contributed by atoms with Gasteiger partial charge in [-0.05, 0) is 47.5 Å². The second-order valence-corrected chi connectivity index (χ2v) is 6.69. The predicted molar refractivity (Wildman–Crippen MR) is 113 cm³/mol. The standard InChI is InChI=1S/C24H21FO7/c1-29-18-7-3-15(4-8-18)13-31-21-12-17(22(26)24(27)28)11-20(25)23(21)32-14-16-5-9-19(30-2)10-6-16/h3-12H,13-14H2,1-2H3,(H,27,28). The number of carbonyl (C=O) groups is 2. The van der Waals surface area contributed by atoms with Crippen LogP contribution in [0.5, 0.6) is 23.0 Å². The lowest BCUT2D eigenvalue weighted by atomic mass is 10.1. The minimum Gasteiger partial charge on any atom is -0.497 e. The largest absolute Gasteiger partial charge is 0.497 e. The second-order valence-electron chi connectivity index (χ2n) is 6.69. The van der Waals surface area contributed by atoms with E-state index in [1.54, 1.807) is 62.8 Å². The molecule has 0 saturated carbocycles. The van der Waals surface area contributed by atoms with E-state index in [1.165, 1.54) is 0 Å². The summed E-state index contributed by atoms with van der Waals surface area (Å²) in [7, 11) is 3.10. The van der Waals surface area contributed by atoms with Gasteiger partial charge in [-0.1, -0.05) is 24.3 Å². The third-order valence-corrected chi connectivity index (χ3v) is 4.56. The Hall–Kier alpha value is -4.07. The first-order chi connectivity index (χ1) is 15.4. The maximum atomic E-state index is 14.8. The molecule has 3 rings (SSSR count). The summed E-state index contributed by atoms with van der Waals surface area (Å²) < 4.78 is 36.3. The number of hydrogen-bond acceptors (Lipinski definition) is 6. The Morgan fingerprint density at radius 1 is 0.812 bits per heavy atom. The van der Waals surface area contributed by atoms with Crippen LogP contribution in [0.15, 0.2) is 60.7 Å². The van der Waals surface area contributed by atoms with Crippen LogP contribution in [0.1, 0.15) is 21.5 Å². The molecule has 3 aromatic carbocycles. The molecule has 0 amide bonds. The van der Waals surface area contributed by atoms with Gasteiger partial charge in [-0.2, -0.15) is 0 Å². The first-order valence-electron chi connectivity index (χ1n) is 9.54. The molecule has 0 aliphatic carbocycles. The van der Waals surface area contributed by atoms with E-state index in [2.05, 4.69) is 0 Å². The Kier molecular flexibility index (Phi) is 7.28. The summed E-state index contributed by atoms with van der Waals surface area (Å²) in [4.78, 5) is 22.9. The van der Waals surface area contributed by atoms with Crippen molar-refractivity contribution in [2.24, 2.45) is 0 Å². The third kappa shape index (κ3) is 5.54. The zero-order valence-corrected chi connectivity index (χ0v) is 17.5. The summed E-state index contributed by atoms with van der Waals surface area (Å²) >= 11 is 0. The molecule has 0 unspecified atom stereocenters. The number of methoxy groups -OCH3 is 2. The SMILES string of the molecule is COc1ccc(COc2cc(C(=O)C(=O)O)cc(F)c2OCc2ccc(OC)cc2)cc1. The molecule has 0 fully saturated rings. The lowest BCUT2D eigenvalue weighted by Crippen LogP contribution is -2.14. The fourth-order valence-electron chi connectivity index (χ4n) is 2.83. The number of carboxylic acid groups (broad SMARTS) is 1. The zero-order chi connectivity index (χ0) is 23.1. The van der Waals surface area contributed by atoms with Crippen molar-refractivity contribution in [3.63, 3.8) is 0 Å². The molecular formula is C24H21FO7. The van der Waals surface area contributed by atoms with Crippen LogP contribution in [0, 0.1) is 5.82 Å². The smallest absolute Gasteiger partial charge is 0.377 e. The summed E-state index contributed by atoms with van der Waals surface area (Å²) in [6.45, 7) is 0.0546. The number of carbonyl (C=O) groups excluding carboxylic acids is 1. The van der Waals surface area contributed by atoms with Crippen molar-refractivity contribution >= 4 is 11.8 Å². The first-order valence-corrected chi connectivity index (χ1v) is 9.54. The van der Waals surface area contributed by atoms with Crippen LogP contribution in [0.2, 0.25) is 0 Å². The molecule has 166 valence electrons. The van der Waals surface area contributed by atoms with E-state index in [1.807, 2.05) is 0 Å². The number of ether oxygens (including phenoxy) is 4. The molecule has 0 atom stereocenters. The predicted octanol–water partition coefficient (Wildman–Crippen LogP) is 4.27. The number of Topliss-reactive ketones (excluding diaryl/α,β-unsaturated/α-hetero) is 1. The van der Waals surface area contributed by atoms with Crippen molar-refractivity contribution in [3.05, 3.63) is 83.2 Å². The molecule has 3 aromatic rings. The quantitative estimate of drug-likeness (QED) is 0.372. The van der Waals surface area contributed by atoms with Crippen LogP contribution >= 0.6 is 0 Å². The average molecular weight is 440 g/mol. The zero-order valence-electron chi connectivity index (χ0n) is 17.5. The van der Waals surface area contributed by atoms with Crippen LogP contribution in [0.4, 0.5) is 4.39 Å². The maximum absolute atomic E-state index is 14.8. The number of halogens is 1. The van der Waals surface area contributed by atoms with Crippen molar-refractivity contribution in [3.8, 4) is 23.0 Å². The maximum Gasteiger partial charge on any atom is 0.377 e. The number of benzene rings is 3. The van der Waals surface area contributed by atoms with E-state index in [0.717, 1.165) is 23.3 Å². The van der Waals surface area contributed by atoms with Crippen LogP contribution in [-0.2, 0) is 18.0 Å². The first kappa shape index (κ1) is 22.6. The Labute approximate surface area is 183 Å². The number of rotatable bonds is 10. The lowest BCUT2D eigenvalue weighted by molar-refractivity contribution is -0.131. The molecule has 0 radical (unpaired) electrons. The molecular weight excluding hydrogens is 419 g/mol. The van der Waals surface area contributed by atoms with Gasteiger partial charge in [0.2, 0.25) is 0 Å². The fraction of sp³-hybridized carbons (Fsp3) is 0.167. The number of aliphatic carboxylic acids is 1. The molecule has 0 bridgehead atoms. The minimum absolute atomic E-state index is 0.0199. The van der Waals surface area contributed by atoms with Gasteiger partial charge in [0.25, 0.3) is 5.78 Å². The molecule has 8 heteroatoms. The van der Waals surface area contributed by atoms with E-state index >= 15 is 0 Å². The highest BCUT2D eigenvalue weighted by Crippen LogP contribution is 2.34. The number of carboxylic acids is 1. The van der Waals surface area contributed by atoms with E-state index < -0.39 is 17.6 Å².